The highest BCUT2D eigenvalue weighted by Crippen LogP contribution is 2.26. The molecule has 84 valence electrons. The van der Waals surface area contributed by atoms with E-state index in [1.807, 2.05) is 32.9 Å². The topological polar surface area (TPSA) is 50.4 Å². The van der Waals surface area contributed by atoms with Gasteiger partial charge in [-0.3, -0.25) is 0 Å². The van der Waals surface area contributed by atoms with Gasteiger partial charge in [-0.25, -0.2) is 0 Å². The summed E-state index contributed by atoms with van der Waals surface area (Å²) in [5.74, 6) is 0.500. The molecule has 4 nitrogen and oxygen atoms in total. The maximum Gasteiger partial charge on any atom is 0.118 e. The Labute approximate surface area is 94.6 Å². The van der Waals surface area contributed by atoms with Crippen LogP contribution in [0, 0.1) is 5.92 Å². The molecular weight excluding hydrogens is 202 g/mol. The summed E-state index contributed by atoms with van der Waals surface area (Å²) in [6, 6.07) is 1.83. The van der Waals surface area contributed by atoms with Crippen LogP contribution in [0.5, 0.6) is 0 Å². The van der Waals surface area contributed by atoms with Crippen LogP contribution in [0.15, 0.2) is 46.5 Å². The van der Waals surface area contributed by atoms with Crippen molar-refractivity contribution in [1.29, 1.82) is 0 Å². The van der Waals surface area contributed by atoms with Crippen LogP contribution in [0.4, 0.5) is 0 Å². The Bertz CT molecular complexity index is 480. The van der Waals surface area contributed by atoms with Crippen molar-refractivity contribution in [2.24, 2.45) is 11.0 Å². The number of aliphatic hydroxyl groups is 1. The first kappa shape index (κ1) is 10.7. The van der Waals surface area contributed by atoms with Gasteiger partial charge in [0.1, 0.15) is 5.76 Å². The van der Waals surface area contributed by atoms with Gasteiger partial charge in [0.05, 0.1) is 18.1 Å². The molecule has 0 amide bonds. The van der Waals surface area contributed by atoms with Gasteiger partial charge in [0.15, 0.2) is 0 Å². The minimum Gasteiger partial charge on any atom is -0.508 e. The highest BCUT2D eigenvalue weighted by atomic mass is 16.3. The molecule has 1 aromatic rings. The fourth-order valence-corrected chi connectivity index (χ4v) is 1.71. The van der Waals surface area contributed by atoms with E-state index in [0.29, 0.717) is 5.76 Å². The summed E-state index contributed by atoms with van der Waals surface area (Å²) in [4.78, 5) is 1.53. The summed E-state index contributed by atoms with van der Waals surface area (Å²) in [7, 11) is 0. The Hall–Kier alpha value is -1.84. The van der Waals surface area contributed by atoms with Gasteiger partial charge in [0.2, 0.25) is 0 Å². The summed E-state index contributed by atoms with van der Waals surface area (Å²) in [5.41, 5.74) is 2.71. The number of allylic oxidation sites excluding steroid dienone is 3. The first-order chi connectivity index (χ1) is 7.59. The normalized spacial score (nSPS) is 23.8. The second kappa shape index (κ2) is 3.96. The Morgan fingerprint density at radius 1 is 1.44 bits per heavy atom. The van der Waals surface area contributed by atoms with E-state index in [-0.39, 0.29) is 5.92 Å². The van der Waals surface area contributed by atoms with E-state index in [4.69, 9.17) is 0 Å². The quantitative estimate of drug-likeness (QED) is 0.785. The molecule has 0 fully saturated rings. The van der Waals surface area contributed by atoms with Crippen molar-refractivity contribution in [1.82, 2.24) is 9.89 Å². The van der Waals surface area contributed by atoms with Gasteiger partial charge in [-0.2, -0.15) is 15.0 Å². The fraction of sp³-hybridized carbons (Fsp3) is 0.333. The van der Waals surface area contributed by atoms with Crippen LogP contribution < -0.4 is 0 Å². The molecule has 0 radical (unpaired) electrons. The van der Waals surface area contributed by atoms with Gasteiger partial charge in [-0.05, 0) is 37.1 Å². The average molecular weight is 217 g/mol. The third kappa shape index (κ3) is 1.78. The second-order valence-electron chi connectivity index (χ2n) is 4.03. The summed E-state index contributed by atoms with van der Waals surface area (Å²) < 4.78 is 0. The van der Waals surface area contributed by atoms with Crippen molar-refractivity contribution in [3.8, 4) is 0 Å². The molecule has 1 atom stereocenters. The minimum absolute atomic E-state index is 0.118. The van der Waals surface area contributed by atoms with Crippen molar-refractivity contribution in [3.05, 3.63) is 41.4 Å². The van der Waals surface area contributed by atoms with E-state index in [2.05, 4.69) is 10.2 Å². The highest BCUT2D eigenvalue weighted by Gasteiger charge is 2.21. The third-order valence-corrected chi connectivity index (χ3v) is 2.91. The first-order valence-electron chi connectivity index (χ1n) is 5.26. The Morgan fingerprint density at radius 2 is 2.19 bits per heavy atom. The predicted octanol–water partition coefficient (Wildman–Crippen LogP) is 2.52. The van der Waals surface area contributed by atoms with Crippen molar-refractivity contribution in [2.45, 2.75) is 20.8 Å². The third-order valence-electron chi connectivity index (χ3n) is 2.91. The van der Waals surface area contributed by atoms with E-state index < -0.39 is 0 Å². The van der Waals surface area contributed by atoms with E-state index in [1.165, 1.54) is 4.79 Å². The van der Waals surface area contributed by atoms with Gasteiger partial charge in [-0.15, -0.1) is 0 Å². The predicted molar refractivity (Wildman–Crippen MR) is 63.3 cm³/mol. The molecule has 1 aliphatic carbocycles. The van der Waals surface area contributed by atoms with E-state index in [9.17, 15) is 5.11 Å². The molecular formula is C12H15N3O. The lowest BCUT2D eigenvalue weighted by molar-refractivity contribution is 0.409. The largest absolute Gasteiger partial charge is 0.508 e. The highest BCUT2D eigenvalue weighted by molar-refractivity contribution is 6.00. The van der Waals surface area contributed by atoms with Gasteiger partial charge in [0.25, 0.3) is 0 Å². The molecule has 16 heavy (non-hydrogen) atoms. The molecule has 4 heteroatoms. The maximum absolute atomic E-state index is 9.79. The lowest BCUT2D eigenvalue weighted by Gasteiger charge is -2.20. The molecule has 1 unspecified atom stereocenters. The van der Waals surface area contributed by atoms with E-state index in [1.54, 1.807) is 12.4 Å². The number of aliphatic hydroxyl groups excluding tert-OH is 1. The lowest BCUT2D eigenvalue weighted by atomic mass is 9.88. The number of hydrogen-bond donors (Lipinski definition) is 1. The molecule has 0 bridgehead atoms. The van der Waals surface area contributed by atoms with Crippen LogP contribution in [-0.2, 0) is 0 Å². The zero-order chi connectivity index (χ0) is 11.7. The van der Waals surface area contributed by atoms with Crippen molar-refractivity contribution in [2.75, 3.05) is 0 Å². The average Bonchev–Trinajstić information content (AvgIpc) is 2.76. The van der Waals surface area contributed by atoms with Crippen LogP contribution >= 0.6 is 0 Å². The molecule has 2 rings (SSSR count). The zero-order valence-corrected chi connectivity index (χ0v) is 9.68. The van der Waals surface area contributed by atoms with Crippen LogP contribution in [0.3, 0.4) is 0 Å². The first-order valence-corrected chi connectivity index (χ1v) is 5.26. The number of rotatable bonds is 1. The van der Waals surface area contributed by atoms with Crippen molar-refractivity contribution >= 4 is 5.71 Å². The van der Waals surface area contributed by atoms with Gasteiger partial charge in [0, 0.05) is 5.92 Å². The molecule has 0 aromatic carbocycles. The summed E-state index contributed by atoms with van der Waals surface area (Å²) in [5, 5.41) is 18.2. The number of nitrogens with zero attached hydrogens (tertiary/aromatic N) is 3. The van der Waals surface area contributed by atoms with Crippen LogP contribution in [0.2, 0.25) is 0 Å². The van der Waals surface area contributed by atoms with Crippen LogP contribution in [-0.4, -0.2) is 20.7 Å². The molecule has 1 aliphatic rings. The van der Waals surface area contributed by atoms with Gasteiger partial charge >= 0.3 is 0 Å². The van der Waals surface area contributed by atoms with Crippen molar-refractivity contribution < 1.29 is 5.11 Å². The molecule has 0 saturated carbocycles. The maximum atomic E-state index is 9.79. The SMILES string of the molecule is CC1=CC(=Nn2cccn2)C(C)C(C)=C1O. The standard InChI is InChI=1S/C12H15N3O/c1-8-7-11(9(2)10(3)12(8)16)14-15-6-4-5-13-15/h4-7,9,16H,1-3H3. The smallest absolute Gasteiger partial charge is 0.118 e. The lowest BCUT2D eigenvalue weighted by Crippen LogP contribution is -2.18. The summed E-state index contributed by atoms with van der Waals surface area (Å²) in [6.45, 7) is 5.83. The summed E-state index contributed by atoms with van der Waals surface area (Å²) in [6.07, 6.45) is 5.37. The summed E-state index contributed by atoms with van der Waals surface area (Å²) >= 11 is 0. The molecule has 0 spiro atoms. The minimum atomic E-state index is 0.118. The molecule has 1 heterocycles. The van der Waals surface area contributed by atoms with Crippen molar-refractivity contribution in [3.63, 3.8) is 0 Å². The molecule has 1 aromatic heterocycles. The Kier molecular flexibility index (Phi) is 2.64. The number of hydrogen-bond acceptors (Lipinski definition) is 3. The zero-order valence-electron chi connectivity index (χ0n) is 9.68. The number of aromatic nitrogens is 2. The molecule has 1 N–H and O–H groups in total. The monoisotopic (exact) mass is 217 g/mol. The van der Waals surface area contributed by atoms with Gasteiger partial charge < -0.3 is 5.11 Å². The molecule has 0 aliphatic heterocycles. The fourth-order valence-electron chi connectivity index (χ4n) is 1.71. The molecule has 0 saturated heterocycles. The Morgan fingerprint density at radius 3 is 2.81 bits per heavy atom. The second-order valence-corrected chi connectivity index (χ2v) is 4.03. The van der Waals surface area contributed by atoms with Crippen LogP contribution in [0.1, 0.15) is 20.8 Å². The van der Waals surface area contributed by atoms with E-state index >= 15 is 0 Å². The van der Waals surface area contributed by atoms with E-state index in [0.717, 1.165) is 16.9 Å². The van der Waals surface area contributed by atoms with Gasteiger partial charge in [-0.1, -0.05) is 6.92 Å². The van der Waals surface area contributed by atoms with Crippen LogP contribution in [0.25, 0.3) is 0 Å². The Balaban J connectivity index is 2.39.